The lowest BCUT2D eigenvalue weighted by molar-refractivity contribution is -0.121. The van der Waals surface area contributed by atoms with Gasteiger partial charge in [-0.2, -0.15) is 0 Å². The van der Waals surface area contributed by atoms with E-state index in [1.807, 2.05) is 66.1 Å². The van der Waals surface area contributed by atoms with Crippen molar-refractivity contribution in [2.75, 3.05) is 7.11 Å². The van der Waals surface area contributed by atoms with Crippen LogP contribution in [0.3, 0.4) is 0 Å². The minimum absolute atomic E-state index is 0.0245. The van der Waals surface area contributed by atoms with E-state index in [0.717, 1.165) is 35.4 Å². The highest BCUT2D eigenvalue weighted by molar-refractivity contribution is 8.00. The summed E-state index contributed by atoms with van der Waals surface area (Å²) in [7, 11) is 1.64. The van der Waals surface area contributed by atoms with Crippen LogP contribution in [-0.4, -0.2) is 38.0 Å². The molecule has 180 valence electrons. The molecule has 4 aromatic rings. The zero-order valence-electron chi connectivity index (χ0n) is 20.1. The van der Waals surface area contributed by atoms with Gasteiger partial charge in [-0.15, -0.1) is 10.2 Å². The number of thioether (sulfide) groups is 1. The molecule has 0 aliphatic carbocycles. The van der Waals surface area contributed by atoms with Crippen molar-refractivity contribution in [3.8, 4) is 22.8 Å². The van der Waals surface area contributed by atoms with Gasteiger partial charge < -0.3 is 10.1 Å². The molecule has 1 amide bonds. The average Bonchev–Trinajstić information content (AvgIpc) is 3.32. The third-order valence-corrected chi connectivity index (χ3v) is 6.69. The number of carbonyl (C=O) groups is 1. The van der Waals surface area contributed by atoms with Gasteiger partial charge in [0.25, 0.3) is 0 Å². The second kappa shape index (κ2) is 11.7. The number of benzene rings is 2. The lowest BCUT2D eigenvalue weighted by atomic mass is 10.0. The molecule has 35 heavy (non-hydrogen) atoms. The zero-order chi connectivity index (χ0) is 24.6. The van der Waals surface area contributed by atoms with E-state index in [1.165, 1.54) is 11.8 Å². The number of pyridine rings is 1. The van der Waals surface area contributed by atoms with Gasteiger partial charge in [-0.05, 0) is 55.3 Å². The molecule has 0 saturated heterocycles. The van der Waals surface area contributed by atoms with Crippen LogP contribution < -0.4 is 10.1 Å². The van der Waals surface area contributed by atoms with E-state index < -0.39 is 0 Å². The molecule has 0 bridgehead atoms. The van der Waals surface area contributed by atoms with Crippen molar-refractivity contribution in [3.63, 3.8) is 0 Å². The molecule has 0 aliphatic rings. The van der Waals surface area contributed by atoms with E-state index >= 15 is 0 Å². The Kier molecular flexibility index (Phi) is 8.15. The molecule has 2 aromatic heterocycles. The van der Waals surface area contributed by atoms with E-state index in [4.69, 9.17) is 4.74 Å². The van der Waals surface area contributed by atoms with Gasteiger partial charge >= 0.3 is 0 Å². The lowest BCUT2D eigenvalue weighted by Crippen LogP contribution is -2.34. The van der Waals surface area contributed by atoms with Crippen molar-refractivity contribution in [3.05, 3.63) is 84.7 Å². The van der Waals surface area contributed by atoms with E-state index in [9.17, 15) is 4.79 Å². The maximum atomic E-state index is 13.2. The van der Waals surface area contributed by atoms with Crippen LogP contribution >= 0.6 is 11.8 Å². The Bertz CT molecular complexity index is 1230. The fourth-order valence-corrected chi connectivity index (χ4v) is 4.67. The first-order valence-electron chi connectivity index (χ1n) is 11.6. The Morgan fingerprint density at radius 1 is 1.03 bits per heavy atom. The summed E-state index contributed by atoms with van der Waals surface area (Å²) in [6, 6.07) is 21.6. The van der Waals surface area contributed by atoms with Crippen LogP contribution in [0.25, 0.3) is 17.1 Å². The number of aromatic nitrogens is 4. The summed E-state index contributed by atoms with van der Waals surface area (Å²) in [6.45, 7) is 4.02. The summed E-state index contributed by atoms with van der Waals surface area (Å²) in [5.74, 6) is 1.41. The first-order valence-corrected chi connectivity index (χ1v) is 12.5. The second-order valence-electron chi connectivity index (χ2n) is 8.10. The Morgan fingerprint density at radius 3 is 2.40 bits per heavy atom. The molecule has 0 saturated carbocycles. The molecule has 0 spiro atoms. The molecule has 8 heteroatoms. The topological polar surface area (TPSA) is 81.9 Å². The third-order valence-electron chi connectivity index (χ3n) is 5.65. The predicted octanol–water partition coefficient (Wildman–Crippen LogP) is 5.48. The van der Waals surface area contributed by atoms with Crippen LogP contribution in [0.2, 0.25) is 0 Å². The standard InChI is InChI=1S/C27H29N5O2S/c1-4-8-24(20-9-6-5-7-10-20)29-26(33)19(2)35-27-31-30-25(21-15-17-28-18-16-21)32(27)22-11-13-23(34-3)14-12-22/h5-7,9-19,24H,4,8H2,1-3H3,(H,29,33). The van der Waals surface area contributed by atoms with Gasteiger partial charge in [0.15, 0.2) is 11.0 Å². The Balaban J connectivity index is 1.60. The van der Waals surface area contributed by atoms with Crippen molar-refractivity contribution in [1.29, 1.82) is 0 Å². The monoisotopic (exact) mass is 487 g/mol. The molecule has 0 fully saturated rings. The maximum absolute atomic E-state index is 13.2. The molecule has 1 N–H and O–H groups in total. The third kappa shape index (κ3) is 5.89. The Hall–Kier alpha value is -3.65. The number of ether oxygens (including phenoxy) is 1. The van der Waals surface area contributed by atoms with Gasteiger partial charge in [0.1, 0.15) is 5.75 Å². The molecule has 2 aromatic carbocycles. The van der Waals surface area contributed by atoms with Crippen molar-refractivity contribution in [2.45, 2.75) is 43.1 Å². The first-order chi connectivity index (χ1) is 17.1. The van der Waals surface area contributed by atoms with E-state index in [-0.39, 0.29) is 17.2 Å². The fraction of sp³-hybridized carbons (Fsp3) is 0.259. The highest BCUT2D eigenvalue weighted by atomic mass is 32.2. The Morgan fingerprint density at radius 2 is 1.74 bits per heavy atom. The quantitative estimate of drug-likeness (QED) is 0.299. The van der Waals surface area contributed by atoms with E-state index in [2.05, 4.69) is 39.6 Å². The van der Waals surface area contributed by atoms with Gasteiger partial charge in [0.05, 0.1) is 18.4 Å². The first kappa shape index (κ1) is 24.5. The number of hydrogen-bond acceptors (Lipinski definition) is 6. The summed E-state index contributed by atoms with van der Waals surface area (Å²) in [4.78, 5) is 17.3. The smallest absolute Gasteiger partial charge is 0.233 e. The highest BCUT2D eigenvalue weighted by Crippen LogP contribution is 2.31. The molecular formula is C27H29N5O2S. The number of carbonyl (C=O) groups excluding carboxylic acids is 1. The normalized spacial score (nSPS) is 12.7. The van der Waals surface area contributed by atoms with E-state index in [1.54, 1.807) is 19.5 Å². The Labute approximate surface area is 210 Å². The molecule has 2 unspecified atom stereocenters. The minimum atomic E-state index is -0.371. The van der Waals surface area contributed by atoms with Crippen molar-refractivity contribution < 1.29 is 9.53 Å². The van der Waals surface area contributed by atoms with Crippen LogP contribution in [0.15, 0.2) is 84.3 Å². The minimum Gasteiger partial charge on any atom is -0.497 e. The zero-order valence-corrected chi connectivity index (χ0v) is 20.9. The van der Waals surface area contributed by atoms with Crippen LogP contribution in [0.1, 0.15) is 38.3 Å². The number of nitrogens with zero attached hydrogens (tertiary/aromatic N) is 4. The van der Waals surface area contributed by atoms with Gasteiger partial charge in [-0.25, -0.2) is 0 Å². The summed E-state index contributed by atoms with van der Waals surface area (Å²) in [6.07, 6.45) is 5.30. The molecule has 4 rings (SSSR count). The van der Waals surface area contributed by atoms with Crippen molar-refractivity contribution in [1.82, 2.24) is 25.1 Å². The van der Waals surface area contributed by atoms with Gasteiger partial charge in [-0.3, -0.25) is 14.3 Å². The molecule has 0 radical (unpaired) electrons. The summed E-state index contributed by atoms with van der Waals surface area (Å²) < 4.78 is 7.28. The molecule has 7 nitrogen and oxygen atoms in total. The maximum Gasteiger partial charge on any atom is 0.233 e. The number of hydrogen-bond donors (Lipinski definition) is 1. The summed E-state index contributed by atoms with van der Waals surface area (Å²) in [5, 5.41) is 12.4. The number of rotatable bonds is 10. The van der Waals surface area contributed by atoms with Gasteiger partial charge in [0.2, 0.25) is 5.91 Å². The average molecular weight is 488 g/mol. The molecule has 2 heterocycles. The van der Waals surface area contributed by atoms with Crippen LogP contribution in [0, 0.1) is 0 Å². The molecule has 2 atom stereocenters. The van der Waals surface area contributed by atoms with Crippen LogP contribution in [0.5, 0.6) is 5.75 Å². The largest absolute Gasteiger partial charge is 0.497 e. The van der Waals surface area contributed by atoms with Gasteiger partial charge in [-0.1, -0.05) is 55.4 Å². The van der Waals surface area contributed by atoms with Crippen molar-refractivity contribution >= 4 is 17.7 Å². The number of methoxy groups -OCH3 is 1. The summed E-state index contributed by atoms with van der Waals surface area (Å²) >= 11 is 1.38. The highest BCUT2D eigenvalue weighted by Gasteiger charge is 2.24. The SMILES string of the molecule is CCCC(NC(=O)C(C)Sc1nnc(-c2ccncc2)n1-c1ccc(OC)cc1)c1ccccc1. The molecule has 0 aliphatic heterocycles. The predicted molar refractivity (Wildman–Crippen MR) is 139 cm³/mol. The molecular weight excluding hydrogens is 458 g/mol. The van der Waals surface area contributed by atoms with Crippen molar-refractivity contribution in [2.24, 2.45) is 0 Å². The lowest BCUT2D eigenvalue weighted by Gasteiger charge is -2.21. The number of amides is 1. The second-order valence-corrected chi connectivity index (χ2v) is 9.40. The fourth-order valence-electron chi connectivity index (χ4n) is 3.80. The van der Waals surface area contributed by atoms with Gasteiger partial charge in [0, 0.05) is 23.6 Å². The van der Waals surface area contributed by atoms with E-state index in [0.29, 0.717) is 11.0 Å². The van der Waals surface area contributed by atoms with Crippen LogP contribution in [-0.2, 0) is 4.79 Å². The number of nitrogens with one attached hydrogen (secondary N) is 1. The van der Waals surface area contributed by atoms with Crippen LogP contribution in [0.4, 0.5) is 0 Å². The summed E-state index contributed by atoms with van der Waals surface area (Å²) in [5.41, 5.74) is 2.88.